The van der Waals surface area contributed by atoms with E-state index in [2.05, 4.69) is 0 Å². The second-order valence-electron chi connectivity index (χ2n) is 4.69. The van der Waals surface area contributed by atoms with Crippen molar-refractivity contribution in [2.45, 2.75) is 25.5 Å². The second kappa shape index (κ2) is 4.03. The number of aliphatic hydroxyl groups is 1. The first-order valence-electron chi connectivity index (χ1n) is 5.47. The fourth-order valence-corrected chi connectivity index (χ4v) is 2.10. The summed E-state index contributed by atoms with van der Waals surface area (Å²) in [5.74, 6) is -0.274. The minimum Gasteiger partial charge on any atom is -0.388 e. The van der Waals surface area contributed by atoms with Gasteiger partial charge in [0, 0.05) is 25.3 Å². The van der Waals surface area contributed by atoms with E-state index >= 15 is 0 Å². The van der Waals surface area contributed by atoms with E-state index in [9.17, 15) is 9.50 Å². The molecule has 1 aromatic carbocycles. The van der Waals surface area contributed by atoms with Gasteiger partial charge in [-0.3, -0.25) is 0 Å². The third-order valence-corrected chi connectivity index (χ3v) is 2.99. The van der Waals surface area contributed by atoms with Crippen molar-refractivity contribution in [2.24, 2.45) is 5.73 Å². The van der Waals surface area contributed by atoms with Crippen LogP contribution in [0.3, 0.4) is 0 Å². The van der Waals surface area contributed by atoms with Crippen LogP contribution in [0.1, 0.15) is 18.9 Å². The van der Waals surface area contributed by atoms with Gasteiger partial charge in [-0.15, -0.1) is 0 Å². The molecule has 0 aliphatic carbocycles. The summed E-state index contributed by atoms with van der Waals surface area (Å²) in [6, 6.07) is 4.81. The van der Waals surface area contributed by atoms with Crippen molar-refractivity contribution in [2.75, 3.05) is 18.0 Å². The molecule has 0 radical (unpaired) electrons. The molecule has 1 aliphatic rings. The highest BCUT2D eigenvalue weighted by molar-refractivity contribution is 5.50. The van der Waals surface area contributed by atoms with Crippen LogP contribution in [-0.4, -0.2) is 23.8 Å². The molecule has 1 aromatic rings. The van der Waals surface area contributed by atoms with Crippen LogP contribution in [0.15, 0.2) is 18.2 Å². The Morgan fingerprint density at radius 3 is 2.81 bits per heavy atom. The monoisotopic (exact) mass is 224 g/mol. The zero-order valence-corrected chi connectivity index (χ0v) is 9.41. The highest BCUT2D eigenvalue weighted by Gasteiger charge is 2.31. The van der Waals surface area contributed by atoms with Crippen LogP contribution < -0.4 is 10.6 Å². The quantitative estimate of drug-likeness (QED) is 0.794. The first-order valence-corrected chi connectivity index (χ1v) is 5.47. The lowest BCUT2D eigenvalue weighted by atomic mass is 10.1. The third kappa shape index (κ3) is 2.33. The Labute approximate surface area is 94.7 Å². The topological polar surface area (TPSA) is 49.5 Å². The smallest absolute Gasteiger partial charge is 0.125 e. The molecule has 4 heteroatoms. The minimum atomic E-state index is -0.671. The number of hydrogen-bond acceptors (Lipinski definition) is 3. The highest BCUT2D eigenvalue weighted by Crippen LogP contribution is 2.27. The largest absolute Gasteiger partial charge is 0.388 e. The molecular formula is C12H17FN2O. The van der Waals surface area contributed by atoms with Crippen molar-refractivity contribution < 1.29 is 9.50 Å². The summed E-state index contributed by atoms with van der Waals surface area (Å²) in [5.41, 5.74) is 6.42. The van der Waals surface area contributed by atoms with Crippen LogP contribution >= 0.6 is 0 Å². The summed E-state index contributed by atoms with van der Waals surface area (Å²) in [5, 5.41) is 9.86. The van der Waals surface area contributed by atoms with Crippen molar-refractivity contribution >= 4 is 5.69 Å². The van der Waals surface area contributed by atoms with Crippen LogP contribution in [0.5, 0.6) is 0 Å². The van der Waals surface area contributed by atoms with Gasteiger partial charge in [-0.05, 0) is 37.1 Å². The average molecular weight is 224 g/mol. The van der Waals surface area contributed by atoms with Crippen molar-refractivity contribution in [3.05, 3.63) is 29.6 Å². The Bertz CT molecular complexity index is 393. The highest BCUT2D eigenvalue weighted by atomic mass is 19.1. The summed E-state index contributed by atoms with van der Waals surface area (Å²) in [4.78, 5) is 1.99. The molecule has 1 fully saturated rings. The lowest BCUT2D eigenvalue weighted by molar-refractivity contribution is 0.0839. The summed E-state index contributed by atoms with van der Waals surface area (Å²) < 4.78 is 13.3. The minimum absolute atomic E-state index is 0.274. The van der Waals surface area contributed by atoms with E-state index in [1.54, 1.807) is 6.92 Å². The maximum absolute atomic E-state index is 13.3. The molecule has 1 aliphatic heterocycles. The zero-order chi connectivity index (χ0) is 11.8. The van der Waals surface area contributed by atoms with Crippen molar-refractivity contribution in [3.8, 4) is 0 Å². The van der Waals surface area contributed by atoms with Gasteiger partial charge in [0.2, 0.25) is 0 Å². The number of β-amino-alcohol motifs (C(OH)–C–C–N with tert-alkyl or cyclic N) is 1. The standard InChI is InChI=1S/C12H17FN2O/c1-12(16)2-3-15(8-12)11-5-9(7-14)4-10(13)6-11/h4-6,16H,2-3,7-8,14H2,1H3. The van der Waals surface area contributed by atoms with Crippen molar-refractivity contribution in [1.29, 1.82) is 0 Å². The molecule has 1 atom stereocenters. The van der Waals surface area contributed by atoms with E-state index in [1.165, 1.54) is 12.1 Å². The van der Waals surface area contributed by atoms with Gasteiger partial charge in [0.15, 0.2) is 0 Å². The molecule has 88 valence electrons. The number of benzene rings is 1. The zero-order valence-electron chi connectivity index (χ0n) is 9.41. The van der Waals surface area contributed by atoms with Crippen LogP contribution in [0.4, 0.5) is 10.1 Å². The number of halogens is 1. The molecule has 1 unspecified atom stereocenters. The lowest BCUT2D eigenvalue weighted by Crippen LogP contribution is -2.29. The first-order chi connectivity index (χ1) is 7.50. The van der Waals surface area contributed by atoms with E-state index in [4.69, 9.17) is 5.73 Å². The van der Waals surface area contributed by atoms with E-state index < -0.39 is 5.60 Å². The van der Waals surface area contributed by atoms with E-state index in [0.29, 0.717) is 19.5 Å². The summed E-state index contributed by atoms with van der Waals surface area (Å²) >= 11 is 0. The molecule has 1 saturated heterocycles. The van der Waals surface area contributed by atoms with Gasteiger partial charge < -0.3 is 15.7 Å². The van der Waals surface area contributed by atoms with Crippen LogP contribution in [-0.2, 0) is 6.54 Å². The van der Waals surface area contributed by atoms with Crippen LogP contribution in [0, 0.1) is 5.82 Å². The van der Waals surface area contributed by atoms with Crippen molar-refractivity contribution in [1.82, 2.24) is 0 Å². The summed E-state index contributed by atoms with van der Waals surface area (Å²) in [6.07, 6.45) is 0.710. The summed E-state index contributed by atoms with van der Waals surface area (Å²) in [7, 11) is 0. The van der Waals surface area contributed by atoms with Gasteiger partial charge in [0.05, 0.1) is 5.60 Å². The Morgan fingerprint density at radius 1 is 1.50 bits per heavy atom. The number of nitrogens with two attached hydrogens (primary N) is 1. The van der Waals surface area contributed by atoms with E-state index in [-0.39, 0.29) is 5.82 Å². The molecule has 0 aromatic heterocycles. The summed E-state index contributed by atoms with van der Waals surface area (Å²) in [6.45, 7) is 3.42. The molecule has 3 nitrogen and oxygen atoms in total. The SMILES string of the molecule is CC1(O)CCN(c2cc(F)cc(CN)c2)C1. The molecule has 2 rings (SSSR count). The average Bonchev–Trinajstić information content (AvgIpc) is 2.58. The fourth-order valence-electron chi connectivity index (χ4n) is 2.10. The first kappa shape index (κ1) is 11.4. The van der Waals surface area contributed by atoms with Gasteiger partial charge in [0.25, 0.3) is 0 Å². The van der Waals surface area contributed by atoms with Gasteiger partial charge in [-0.1, -0.05) is 0 Å². The molecule has 1 heterocycles. The number of hydrogen-bond donors (Lipinski definition) is 2. The Kier molecular flexibility index (Phi) is 2.86. The normalized spacial score (nSPS) is 25.1. The fraction of sp³-hybridized carbons (Fsp3) is 0.500. The maximum atomic E-state index is 13.3. The molecule has 0 saturated carbocycles. The van der Waals surface area contributed by atoms with Crippen molar-refractivity contribution in [3.63, 3.8) is 0 Å². The maximum Gasteiger partial charge on any atom is 0.125 e. The predicted molar refractivity (Wildman–Crippen MR) is 61.7 cm³/mol. The molecule has 0 spiro atoms. The second-order valence-corrected chi connectivity index (χ2v) is 4.69. The lowest BCUT2D eigenvalue weighted by Gasteiger charge is -2.21. The van der Waals surface area contributed by atoms with Gasteiger partial charge in [0.1, 0.15) is 5.82 Å². The van der Waals surface area contributed by atoms with E-state index in [0.717, 1.165) is 17.8 Å². The van der Waals surface area contributed by atoms with Gasteiger partial charge in [-0.2, -0.15) is 0 Å². The molecule has 16 heavy (non-hydrogen) atoms. The Hall–Kier alpha value is -1.13. The number of anilines is 1. The number of rotatable bonds is 2. The molecule has 3 N–H and O–H groups in total. The molecule has 0 bridgehead atoms. The third-order valence-electron chi connectivity index (χ3n) is 2.99. The molecular weight excluding hydrogens is 207 g/mol. The van der Waals surface area contributed by atoms with Crippen LogP contribution in [0.2, 0.25) is 0 Å². The predicted octanol–water partition coefficient (Wildman–Crippen LogP) is 1.25. The Morgan fingerprint density at radius 2 is 2.25 bits per heavy atom. The van der Waals surface area contributed by atoms with Gasteiger partial charge >= 0.3 is 0 Å². The molecule has 0 amide bonds. The van der Waals surface area contributed by atoms with Crippen LogP contribution in [0.25, 0.3) is 0 Å². The Balaban J connectivity index is 2.24. The van der Waals surface area contributed by atoms with E-state index in [1.807, 2.05) is 11.0 Å². The van der Waals surface area contributed by atoms with Gasteiger partial charge in [-0.25, -0.2) is 4.39 Å². The number of nitrogens with zero attached hydrogens (tertiary/aromatic N) is 1.